The Hall–Kier alpha value is -1.80. The molecule has 0 saturated carbocycles. The van der Waals surface area contributed by atoms with E-state index in [0.29, 0.717) is 0 Å². The van der Waals surface area contributed by atoms with Gasteiger partial charge in [0, 0.05) is 20.8 Å². The summed E-state index contributed by atoms with van der Waals surface area (Å²) in [6.45, 7) is 0. The first-order valence-electron chi connectivity index (χ1n) is 6.62. The fraction of sp³-hybridized carbons (Fsp3) is 0.0625. The Morgan fingerprint density at radius 3 is 2.73 bits per heavy atom. The fourth-order valence-electron chi connectivity index (χ4n) is 1.90. The molecule has 0 radical (unpaired) electrons. The van der Waals surface area contributed by atoms with Gasteiger partial charge in [0.1, 0.15) is 5.01 Å². The van der Waals surface area contributed by atoms with Crippen molar-refractivity contribution in [2.45, 2.75) is 6.42 Å². The number of anilines is 1. The van der Waals surface area contributed by atoms with E-state index >= 15 is 0 Å². The average molecular weight is 421 g/mol. The minimum atomic E-state index is -0.0703. The van der Waals surface area contributed by atoms with Crippen LogP contribution in [-0.4, -0.2) is 15.9 Å². The van der Waals surface area contributed by atoms with Crippen LogP contribution in [0.4, 0.5) is 5.69 Å². The highest BCUT2D eigenvalue weighted by molar-refractivity contribution is 14.1. The molecule has 0 aliphatic carbocycles. The number of hydrogen-bond acceptors (Lipinski definition) is 4. The summed E-state index contributed by atoms with van der Waals surface area (Å²) in [5, 5.41) is 5.60. The van der Waals surface area contributed by atoms with Gasteiger partial charge in [0.2, 0.25) is 5.91 Å². The first-order chi connectivity index (χ1) is 10.7. The molecular weight excluding hydrogens is 409 g/mol. The van der Waals surface area contributed by atoms with E-state index in [2.05, 4.69) is 37.9 Å². The molecule has 3 aromatic rings. The monoisotopic (exact) mass is 421 g/mol. The standard InChI is InChI=1S/C16H12IN3OS/c17-11-4-6-12(7-5-11)19-15(21)9-13-10-22-16(20-13)14-3-1-2-8-18-14/h1-8,10H,9H2,(H,19,21). The SMILES string of the molecule is O=C(Cc1csc(-c2ccccn2)n1)Nc1ccc(I)cc1. The molecule has 0 aliphatic heterocycles. The van der Waals surface area contributed by atoms with E-state index in [1.165, 1.54) is 11.3 Å². The Morgan fingerprint density at radius 1 is 1.18 bits per heavy atom. The van der Waals surface area contributed by atoms with Gasteiger partial charge in [0.15, 0.2) is 0 Å². The van der Waals surface area contributed by atoms with Crippen molar-refractivity contribution in [3.63, 3.8) is 0 Å². The van der Waals surface area contributed by atoms with Crippen molar-refractivity contribution < 1.29 is 4.79 Å². The molecule has 0 unspecified atom stereocenters. The van der Waals surface area contributed by atoms with Crippen LogP contribution >= 0.6 is 33.9 Å². The molecule has 0 spiro atoms. The van der Waals surface area contributed by atoms with Gasteiger partial charge in [-0.3, -0.25) is 9.78 Å². The minimum absolute atomic E-state index is 0.0703. The Kier molecular flexibility index (Phi) is 4.79. The summed E-state index contributed by atoms with van der Waals surface area (Å²) >= 11 is 3.73. The summed E-state index contributed by atoms with van der Waals surface area (Å²) in [5.74, 6) is -0.0703. The molecule has 1 aromatic carbocycles. The number of amides is 1. The van der Waals surface area contributed by atoms with E-state index in [1.54, 1.807) is 6.20 Å². The number of rotatable bonds is 4. The maximum Gasteiger partial charge on any atom is 0.230 e. The molecule has 110 valence electrons. The molecule has 0 saturated heterocycles. The summed E-state index contributed by atoms with van der Waals surface area (Å²) < 4.78 is 1.13. The van der Waals surface area contributed by atoms with E-state index in [0.717, 1.165) is 25.7 Å². The third-order valence-electron chi connectivity index (χ3n) is 2.91. The summed E-state index contributed by atoms with van der Waals surface area (Å²) in [5.41, 5.74) is 2.39. The second kappa shape index (κ2) is 6.97. The summed E-state index contributed by atoms with van der Waals surface area (Å²) in [4.78, 5) is 20.8. The van der Waals surface area contributed by atoms with Gasteiger partial charge in [-0.2, -0.15) is 0 Å². The molecule has 6 heteroatoms. The van der Waals surface area contributed by atoms with Gasteiger partial charge in [-0.05, 0) is 59.0 Å². The van der Waals surface area contributed by atoms with Gasteiger partial charge in [0.25, 0.3) is 0 Å². The second-order valence-electron chi connectivity index (χ2n) is 4.59. The van der Waals surface area contributed by atoms with E-state index in [4.69, 9.17) is 0 Å². The molecule has 0 atom stereocenters. The van der Waals surface area contributed by atoms with Gasteiger partial charge in [-0.1, -0.05) is 6.07 Å². The average Bonchev–Trinajstić information content (AvgIpc) is 2.99. The number of thiazole rings is 1. The largest absolute Gasteiger partial charge is 0.326 e. The third kappa shape index (κ3) is 3.89. The van der Waals surface area contributed by atoms with Crippen molar-refractivity contribution in [2.24, 2.45) is 0 Å². The molecular formula is C16H12IN3OS. The molecule has 0 bridgehead atoms. The van der Waals surface area contributed by atoms with Gasteiger partial charge < -0.3 is 5.32 Å². The molecule has 1 N–H and O–H groups in total. The molecule has 1 amide bonds. The van der Waals surface area contributed by atoms with Gasteiger partial charge in [-0.15, -0.1) is 11.3 Å². The zero-order valence-electron chi connectivity index (χ0n) is 11.5. The maximum absolute atomic E-state index is 12.0. The predicted octanol–water partition coefficient (Wildman–Crippen LogP) is 3.99. The molecule has 3 rings (SSSR count). The second-order valence-corrected chi connectivity index (χ2v) is 6.69. The van der Waals surface area contributed by atoms with Crippen LogP contribution < -0.4 is 5.32 Å². The first kappa shape index (κ1) is 15.1. The number of carbonyl (C=O) groups excluding carboxylic acids is 1. The lowest BCUT2D eigenvalue weighted by molar-refractivity contribution is -0.115. The Morgan fingerprint density at radius 2 is 2.00 bits per heavy atom. The van der Waals surface area contributed by atoms with E-state index in [-0.39, 0.29) is 12.3 Å². The fourth-order valence-corrected chi connectivity index (χ4v) is 3.05. The Bertz CT molecular complexity index is 772. The molecule has 22 heavy (non-hydrogen) atoms. The summed E-state index contributed by atoms with van der Waals surface area (Å²) in [6, 6.07) is 13.4. The van der Waals surface area contributed by atoms with E-state index < -0.39 is 0 Å². The normalized spacial score (nSPS) is 10.4. The minimum Gasteiger partial charge on any atom is -0.326 e. The number of nitrogens with zero attached hydrogens (tertiary/aromatic N) is 2. The highest BCUT2D eigenvalue weighted by atomic mass is 127. The zero-order valence-corrected chi connectivity index (χ0v) is 14.5. The van der Waals surface area contributed by atoms with Crippen LogP contribution in [0, 0.1) is 3.57 Å². The third-order valence-corrected chi connectivity index (χ3v) is 4.54. The lowest BCUT2D eigenvalue weighted by atomic mass is 10.3. The topological polar surface area (TPSA) is 54.9 Å². The maximum atomic E-state index is 12.0. The number of benzene rings is 1. The molecule has 2 aromatic heterocycles. The first-order valence-corrected chi connectivity index (χ1v) is 8.58. The molecule has 2 heterocycles. The number of hydrogen-bond donors (Lipinski definition) is 1. The van der Waals surface area contributed by atoms with Crippen LogP contribution in [0.1, 0.15) is 5.69 Å². The van der Waals surface area contributed by atoms with Crippen molar-refractivity contribution in [3.8, 4) is 10.7 Å². The Labute approximate surface area is 145 Å². The summed E-state index contributed by atoms with van der Waals surface area (Å²) in [6.07, 6.45) is 2.00. The van der Waals surface area contributed by atoms with Crippen LogP contribution in [-0.2, 0) is 11.2 Å². The zero-order chi connectivity index (χ0) is 15.4. The number of pyridine rings is 1. The van der Waals surface area contributed by atoms with Crippen LogP contribution in [0.15, 0.2) is 54.0 Å². The quantitative estimate of drug-likeness (QED) is 0.649. The van der Waals surface area contributed by atoms with Crippen molar-refractivity contribution in [1.29, 1.82) is 0 Å². The number of aromatic nitrogens is 2. The smallest absolute Gasteiger partial charge is 0.230 e. The van der Waals surface area contributed by atoms with Crippen LogP contribution in [0.5, 0.6) is 0 Å². The van der Waals surface area contributed by atoms with Gasteiger partial charge >= 0.3 is 0 Å². The van der Waals surface area contributed by atoms with Crippen LogP contribution in [0.2, 0.25) is 0 Å². The lowest BCUT2D eigenvalue weighted by Crippen LogP contribution is -2.14. The molecule has 0 aliphatic rings. The molecule has 0 fully saturated rings. The van der Waals surface area contributed by atoms with Crippen molar-refractivity contribution in [1.82, 2.24) is 9.97 Å². The number of nitrogens with one attached hydrogen (secondary N) is 1. The Balaban J connectivity index is 1.65. The van der Waals surface area contributed by atoms with Crippen molar-refractivity contribution in [3.05, 3.63) is 63.3 Å². The summed E-state index contributed by atoms with van der Waals surface area (Å²) in [7, 11) is 0. The number of halogens is 1. The predicted molar refractivity (Wildman–Crippen MR) is 96.8 cm³/mol. The highest BCUT2D eigenvalue weighted by Gasteiger charge is 2.09. The van der Waals surface area contributed by atoms with Crippen molar-refractivity contribution in [2.75, 3.05) is 5.32 Å². The van der Waals surface area contributed by atoms with E-state index in [9.17, 15) is 4.79 Å². The van der Waals surface area contributed by atoms with Crippen LogP contribution in [0.25, 0.3) is 10.7 Å². The van der Waals surface area contributed by atoms with Gasteiger partial charge in [0.05, 0.1) is 17.8 Å². The lowest BCUT2D eigenvalue weighted by Gasteiger charge is -2.03. The van der Waals surface area contributed by atoms with Crippen molar-refractivity contribution >= 4 is 45.5 Å². The van der Waals surface area contributed by atoms with E-state index in [1.807, 2.05) is 47.8 Å². The van der Waals surface area contributed by atoms with Gasteiger partial charge in [-0.25, -0.2) is 4.98 Å². The molecule has 4 nitrogen and oxygen atoms in total. The number of carbonyl (C=O) groups is 1. The van der Waals surface area contributed by atoms with Crippen LogP contribution in [0.3, 0.4) is 0 Å². The highest BCUT2D eigenvalue weighted by Crippen LogP contribution is 2.21.